The highest BCUT2D eigenvalue weighted by Crippen LogP contribution is 2.29. The van der Waals surface area contributed by atoms with Crippen LogP contribution in [0.5, 0.6) is 0 Å². The van der Waals surface area contributed by atoms with Gasteiger partial charge in [-0.2, -0.15) is 0 Å². The van der Waals surface area contributed by atoms with Crippen molar-refractivity contribution in [3.05, 3.63) is 41.7 Å². The van der Waals surface area contributed by atoms with Crippen molar-refractivity contribution in [2.45, 2.75) is 58.2 Å². The van der Waals surface area contributed by atoms with E-state index in [0.29, 0.717) is 6.04 Å². The molecule has 1 atom stereocenters. The van der Waals surface area contributed by atoms with Gasteiger partial charge >= 0.3 is 0 Å². The zero-order valence-corrected chi connectivity index (χ0v) is 12.3. The van der Waals surface area contributed by atoms with Crippen LogP contribution in [0, 0.1) is 0 Å². The van der Waals surface area contributed by atoms with Crippen LogP contribution in [0.2, 0.25) is 0 Å². The number of aliphatic hydroxyl groups excluding tert-OH is 1. The zero-order valence-electron chi connectivity index (χ0n) is 12.3. The van der Waals surface area contributed by atoms with Crippen LogP contribution in [0.4, 0.5) is 0 Å². The van der Waals surface area contributed by atoms with Crippen LogP contribution in [0.3, 0.4) is 0 Å². The third-order valence-corrected chi connectivity index (χ3v) is 4.18. The monoisotopic (exact) mass is 273 g/mol. The van der Waals surface area contributed by atoms with E-state index in [1.807, 2.05) is 12.5 Å². The first-order chi connectivity index (χ1) is 9.65. The Hall–Kier alpha value is -1.55. The number of rotatable bonds is 3. The molecule has 0 aliphatic heterocycles. The molecule has 1 N–H and O–H groups in total. The molecule has 1 aliphatic carbocycles. The first kappa shape index (κ1) is 13.4. The minimum atomic E-state index is -0.288. The fourth-order valence-corrected chi connectivity index (χ4v) is 3.09. The van der Waals surface area contributed by atoms with Crippen molar-refractivity contribution in [1.29, 1.82) is 0 Å². The molecule has 2 aromatic heterocycles. The van der Waals surface area contributed by atoms with E-state index in [9.17, 15) is 5.11 Å². The third kappa shape index (κ3) is 2.52. The SMILES string of the molecule is CC(C)n1cncc1Cn1cc2c(c1)C(O)CCCC2. The first-order valence-corrected chi connectivity index (χ1v) is 7.52. The van der Waals surface area contributed by atoms with Gasteiger partial charge in [0.1, 0.15) is 0 Å². The first-order valence-electron chi connectivity index (χ1n) is 7.52. The summed E-state index contributed by atoms with van der Waals surface area (Å²) in [5.41, 5.74) is 3.64. The van der Waals surface area contributed by atoms with Gasteiger partial charge in [-0.15, -0.1) is 0 Å². The molecule has 2 heterocycles. The van der Waals surface area contributed by atoms with E-state index in [0.717, 1.165) is 31.4 Å². The molecule has 108 valence electrons. The number of fused-ring (bicyclic) bond motifs is 1. The van der Waals surface area contributed by atoms with E-state index in [2.05, 4.69) is 40.4 Å². The van der Waals surface area contributed by atoms with Gasteiger partial charge in [0.25, 0.3) is 0 Å². The Balaban J connectivity index is 1.85. The van der Waals surface area contributed by atoms with Gasteiger partial charge in [-0.25, -0.2) is 4.98 Å². The van der Waals surface area contributed by atoms with Crippen molar-refractivity contribution in [1.82, 2.24) is 14.1 Å². The number of aromatic nitrogens is 3. The van der Waals surface area contributed by atoms with Crippen LogP contribution >= 0.6 is 0 Å². The van der Waals surface area contributed by atoms with Crippen molar-refractivity contribution in [3.8, 4) is 0 Å². The number of imidazole rings is 1. The van der Waals surface area contributed by atoms with E-state index < -0.39 is 0 Å². The summed E-state index contributed by atoms with van der Waals surface area (Å²) in [4.78, 5) is 4.25. The van der Waals surface area contributed by atoms with Gasteiger partial charge in [-0.1, -0.05) is 6.42 Å². The van der Waals surface area contributed by atoms with E-state index >= 15 is 0 Å². The van der Waals surface area contributed by atoms with Gasteiger partial charge in [0, 0.05) is 30.2 Å². The Bertz CT molecular complexity index is 582. The average Bonchev–Trinajstić information content (AvgIpc) is 2.98. The highest BCUT2D eigenvalue weighted by Gasteiger charge is 2.18. The predicted octanol–water partition coefficient (Wildman–Crippen LogP) is 3.07. The normalized spacial score (nSPS) is 19.1. The maximum absolute atomic E-state index is 10.2. The second-order valence-electron chi connectivity index (χ2n) is 6.06. The predicted molar refractivity (Wildman–Crippen MR) is 78.7 cm³/mol. The molecule has 0 saturated carbocycles. The number of aryl methyl sites for hydroxylation is 1. The van der Waals surface area contributed by atoms with Gasteiger partial charge in [0.2, 0.25) is 0 Å². The molecule has 1 aliphatic rings. The quantitative estimate of drug-likeness (QED) is 0.873. The van der Waals surface area contributed by atoms with E-state index in [1.54, 1.807) is 0 Å². The molecule has 1 unspecified atom stereocenters. The number of aliphatic hydroxyl groups is 1. The molecular formula is C16H23N3O. The molecule has 20 heavy (non-hydrogen) atoms. The summed E-state index contributed by atoms with van der Waals surface area (Å²) in [7, 11) is 0. The van der Waals surface area contributed by atoms with Gasteiger partial charge in [0.15, 0.2) is 0 Å². The third-order valence-electron chi connectivity index (χ3n) is 4.18. The number of hydrogen-bond donors (Lipinski definition) is 1. The molecule has 0 fully saturated rings. The minimum Gasteiger partial charge on any atom is -0.388 e. The lowest BCUT2D eigenvalue weighted by molar-refractivity contribution is 0.166. The summed E-state index contributed by atoms with van der Waals surface area (Å²) in [5.74, 6) is 0. The van der Waals surface area contributed by atoms with Crippen molar-refractivity contribution < 1.29 is 5.11 Å². The highest BCUT2D eigenvalue weighted by atomic mass is 16.3. The Labute approximate surface area is 120 Å². The second-order valence-corrected chi connectivity index (χ2v) is 6.06. The van der Waals surface area contributed by atoms with Crippen LogP contribution in [-0.4, -0.2) is 19.2 Å². The molecule has 2 aromatic rings. The molecular weight excluding hydrogens is 250 g/mol. The second kappa shape index (κ2) is 5.44. The average molecular weight is 273 g/mol. The van der Waals surface area contributed by atoms with Gasteiger partial charge in [0.05, 0.1) is 24.7 Å². The van der Waals surface area contributed by atoms with Crippen molar-refractivity contribution in [2.75, 3.05) is 0 Å². The van der Waals surface area contributed by atoms with Crippen molar-refractivity contribution in [2.24, 2.45) is 0 Å². The van der Waals surface area contributed by atoms with E-state index in [-0.39, 0.29) is 6.10 Å². The molecule has 4 heteroatoms. The fraction of sp³-hybridized carbons (Fsp3) is 0.562. The highest BCUT2D eigenvalue weighted by molar-refractivity contribution is 5.28. The maximum atomic E-state index is 10.2. The lowest BCUT2D eigenvalue weighted by Crippen LogP contribution is -2.07. The standard InChI is InChI=1S/C16H23N3O/c1-12(2)19-11-17-7-14(19)9-18-8-13-5-3-4-6-16(20)15(13)10-18/h7-8,10-12,16,20H,3-6,9H2,1-2H3. The van der Waals surface area contributed by atoms with Gasteiger partial charge in [-0.3, -0.25) is 0 Å². The lowest BCUT2D eigenvalue weighted by Gasteiger charge is -2.12. The Kier molecular flexibility index (Phi) is 3.66. The van der Waals surface area contributed by atoms with Crippen LogP contribution in [0.25, 0.3) is 0 Å². The fourth-order valence-electron chi connectivity index (χ4n) is 3.09. The van der Waals surface area contributed by atoms with Crippen LogP contribution in [0.15, 0.2) is 24.9 Å². The number of nitrogens with zero attached hydrogens (tertiary/aromatic N) is 3. The van der Waals surface area contributed by atoms with Gasteiger partial charge in [-0.05, 0) is 38.7 Å². The summed E-state index contributed by atoms with van der Waals surface area (Å²) < 4.78 is 4.39. The molecule has 0 bridgehead atoms. The Morgan fingerprint density at radius 1 is 1.35 bits per heavy atom. The molecule has 3 rings (SSSR count). The maximum Gasteiger partial charge on any atom is 0.0951 e. The van der Waals surface area contributed by atoms with Gasteiger partial charge < -0.3 is 14.2 Å². The molecule has 0 spiro atoms. The topological polar surface area (TPSA) is 43.0 Å². The summed E-state index contributed by atoms with van der Waals surface area (Å²) in [6.07, 6.45) is 12.1. The van der Waals surface area contributed by atoms with E-state index in [4.69, 9.17) is 0 Å². The minimum absolute atomic E-state index is 0.288. The largest absolute Gasteiger partial charge is 0.388 e. The van der Waals surface area contributed by atoms with Crippen molar-refractivity contribution in [3.63, 3.8) is 0 Å². The molecule has 4 nitrogen and oxygen atoms in total. The van der Waals surface area contributed by atoms with Crippen molar-refractivity contribution >= 4 is 0 Å². The molecule has 0 aromatic carbocycles. The summed E-state index contributed by atoms with van der Waals surface area (Å²) in [5, 5.41) is 10.2. The van der Waals surface area contributed by atoms with Crippen LogP contribution in [-0.2, 0) is 13.0 Å². The zero-order chi connectivity index (χ0) is 14.1. The van der Waals surface area contributed by atoms with Crippen LogP contribution < -0.4 is 0 Å². The lowest BCUT2D eigenvalue weighted by atomic mass is 10.1. The summed E-state index contributed by atoms with van der Waals surface area (Å²) >= 11 is 0. The Morgan fingerprint density at radius 3 is 3.00 bits per heavy atom. The Morgan fingerprint density at radius 2 is 2.20 bits per heavy atom. The smallest absolute Gasteiger partial charge is 0.0951 e. The molecule has 0 saturated heterocycles. The number of hydrogen-bond acceptors (Lipinski definition) is 2. The molecule has 0 radical (unpaired) electrons. The molecule has 0 amide bonds. The summed E-state index contributed by atoms with van der Waals surface area (Å²) in [6, 6.07) is 0.423. The summed E-state index contributed by atoms with van der Waals surface area (Å²) in [6.45, 7) is 5.15. The van der Waals surface area contributed by atoms with E-state index in [1.165, 1.54) is 17.7 Å². The van der Waals surface area contributed by atoms with Crippen LogP contribution in [0.1, 0.15) is 62.1 Å².